The first-order valence-electron chi connectivity index (χ1n) is 7.00. The summed E-state index contributed by atoms with van der Waals surface area (Å²) in [5.74, 6) is 1.72. The van der Waals surface area contributed by atoms with E-state index in [0.29, 0.717) is 11.6 Å². The van der Waals surface area contributed by atoms with Crippen LogP contribution < -0.4 is 10.2 Å². The minimum atomic E-state index is 0.321. The van der Waals surface area contributed by atoms with Crippen molar-refractivity contribution in [1.82, 2.24) is 15.2 Å². The quantitative estimate of drug-likeness (QED) is 0.924. The molecule has 0 aliphatic carbocycles. The lowest BCUT2D eigenvalue weighted by atomic mass is 10.1. The van der Waals surface area contributed by atoms with Gasteiger partial charge in [0.2, 0.25) is 0 Å². The van der Waals surface area contributed by atoms with Crippen LogP contribution in [0.4, 0.5) is 11.6 Å². The number of nitriles is 1. The summed E-state index contributed by atoms with van der Waals surface area (Å²) in [5, 5.41) is 20.3. The average Bonchev–Trinajstić information content (AvgIpc) is 2.57. The summed E-state index contributed by atoms with van der Waals surface area (Å²) < 4.78 is 0. The minimum absolute atomic E-state index is 0.321. The molecule has 1 saturated heterocycles. The van der Waals surface area contributed by atoms with Crippen molar-refractivity contribution in [3.63, 3.8) is 0 Å². The van der Waals surface area contributed by atoms with E-state index in [1.54, 1.807) is 18.5 Å². The molecular weight excluding hydrogens is 264 g/mol. The van der Waals surface area contributed by atoms with Crippen molar-refractivity contribution >= 4 is 11.6 Å². The van der Waals surface area contributed by atoms with Crippen LogP contribution in [0.3, 0.4) is 0 Å². The van der Waals surface area contributed by atoms with Crippen LogP contribution in [0.5, 0.6) is 0 Å². The molecule has 0 amide bonds. The maximum absolute atomic E-state index is 8.78. The molecule has 3 rings (SSSR count). The third-order valence-corrected chi connectivity index (χ3v) is 3.55. The minimum Gasteiger partial charge on any atom is -0.366 e. The van der Waals surface area contributed by atoms with Crippen LogP contribution in [0, 0.1) is 11.3 Å². The molecule has 0 bridgehead atoms. The summed E-state index contributed by atoms with van der Waals surface area (Å²) in [6, 6.07) is 9.90. The van der Waals surface area contributed by atoms with Gasteiger partial charge in [0.25, 0.3) is 0 Å². The molecule has 1 N–H and O–H groups in total. The second-order valence-corrected chi connectivity index (χ2v) is 5.06. The van der Waals surface area contributed by atoms with E-state index >= 15 is 0 Å². The van der Waals surface area contributed by atoms with Gasteiger partial charge in [0, 0.05) is 31.5 Å². The van der Waals surface area contributed by atoms with Crippen molar-refractivity contribution < 1.29 is 0 Å². The van der Waals surface area contributed by atoms with E-state index in [1.807, 2.05) is 18.2 Å². The Bertz CT molecular complexity index is 619. The Morgan fingerprint density at radius 2 is 2.29 bits per heavy atom. The zero-order valence-corrected chi connectivity index (χ0v) is 11.6. The highest BCUT2D eigenvalue weighted by Crippen LogP contribution is 2.19. The van der Waals surface area contributed by atoms with Crippen LogP contribution in [0.25, 0.3) is 0 Å². The van der Waals surface area contributed by atoms with E-state index < -0.39 is 0 Å². The highest BCUT2D eigenvalue weighted by molar-refractivity contribution is 5.42. The summed E-state index contributed by atoms with van der Waals surface area (Å²) in [4.78, 5) is 6.50. The molecule has 2 aromatic rings. The molecular formula is C15H16N6. The maximum Gasteiger partial charge on any atom is 0.151 e. The van der Waals surface area contributed by atoms with E-state index in [2.05, 4.69) is 31.5 Å². The number of hydrogen-bond acceptors (Lipinski definition) is 6. The molecule has 106 valence electrons. The van der Waals surface area contributed by atoms with Gasteiger partial charge in [-0.15, -0.1) is 5.10 Å². The van der Waals surface area contributed by atoms with Crippen molar-refractivity contribution in [3.8, 4) is 6.07 Å². The van der Waals surface area contributed by atoms with E-state index in [-0.39, 0.29) is 0 Å². The summed E-state index contributed by atoms with van der Waals surface area (Å²) in [6.45, 7) is 1.87. The van der Waals surface area contributed by atoms with Crippen LogP contribution in [-0.2, 0) is 0 Å². The molecule has 6 nitrogen and oxygen atoms in total. The zero-order valence-electron chi connectivity index (χ0n) is 11.6. The number of anilines is 2. The van der Waals surface area contributed by atoms with Gasteiger partial charge in [-0.1, -0.05) is 0 Å². The topological polar surface area (TPSA) is 77.7 Å². The van der Waals surface area contributed by atoms with Crippen LogP contribution in [0.15, 0.2) is 36.7 Å². The van der Waals surface area contributed by atoms with Crippen LogP contribution in [0.1, 0.15) is 18.4 Å². The monoisotopic (exact) mass is 280 g/mol. The summed E-state index contributed by atoms with van der Waals surface area (Å²) in [7, 11) is 0. The molecule has 2 aromatic heterocycles. The van der Waals surface area contributed by atoms with Gasteiger partial charge in [0.15, 0.2) is 5.82 Å². The molecule has 0 spiro atoms. The number of pyridine rings is 1. The predicted molar refractivity (Wildman–Crippen MR) is 79.8 cm³/mol. The molecule has 3 heterocycles. The Kier molecular flexibility index (Phi) is 3.92. The molecule has 0 radical (unpaired) electrons. The van der Waals surface area contributed by atoms with Crippen LogP contribution in [0.2, 0.25) is 0 Å². The second-order valence-electron chi connectivity index (χ2n) is 5.06. The van der Waals surface area contributed by atoms with E-state index in [0.717, 1.165) is 37.6 Å². The smallest absolute Gasteiger partial charge is 0.151 e. The Morgan fingerprint density at radius 1 is 1.33 bits per heavy atom. The highest BCUT2D eigenvalue weighted by atomic mass is 15.3. The molecule has 1 aliphatic heterocycles. The lowest BCUT2D eigenvalue weighted by molar-refractivity contribution is 0.524. The van der Waals surface area contributed by atoms with Gasteiger partial charge in [-0.3, -0.25) is 0 Å². The Labute approximate surface area is 123 Å². The van der Waals surface area contributed by atoms with Crippen molar-refractivity contribution in [1.29, 1.82) is 5.26 Å². The van der Waals surface area contributed by atoms with Gasteiger partial charge in [-0.2, -0.15) is 10.4 Å². The second kappa shape index (κ2) is 6.18. The molecule has 1 atom stereocenters. The third kappa shape index (κ3) is 3.26. The lowest BCUT2D eigenvalue weighted by Crippen LogP contribution is -2.42. The van der Waals surface area contributed by atoms with Gasteiger partial charge in [0.1, 0.15) is 11.9 Å². The van der Waals surface area contributed by atoms with Crippen molar-refractivity contribution in [2.45, 2.75) is 18.9 Å². The molecule has 0 saturated carbocycles. The van der Waals surface area contributed by atoms with Crippen molar-refractivity contribution in [2.24, 2.45) is 0 Å². The van der Waals surface area contributed by atoms with E-state index in [4.69, 9.17) is 5.26 Å². The maximum atomic E-state index is 8.78. The molecule has 1 fully saturated rings. The highest BCUT2D eigenvalue weighted by Gasteiger charge is 2.21. The Morgan fingerprint density at radius 3 is 3.00 bits per heavy atom. The first-order chi connectivity index (χ1) is 10.3. The molecule has 1 unspecified atom stereocenters. The number of aromatic nitrogens is 3. The SMILES string of the molecule is N#Cc1ccc(NC2CCCN(c3cccnn3)C2)nc1. The summed E-state index contributed by atoms with van der Waals surface area (Å²) >= 11 is 0. The van der Waals surface area contributed by atoms with Gasteiger partial charge in [-0.05, 0) is 37.1 Å². The first kappa shape index (κ1) is 13.3. The fourth-order valence-electron chi connectivity index (χ4n) is 2.52. The number of hydrogen-bond donors (Lipinski definition) is 1. The number of rotatable bonds is 3. The molecule has 0 aromatic carbocycles. The normalized spacial score (nSPS) is 18.0. The summed E-state index contributed by atoms with van der Waals surface area (Å²) in [6.07, 6.45) is 5.47. The largest absolute Gasteiger partial charge is 0.366 e. The van der Waals surface area contributed by atoms with E-state index in [1.165, 1.54) is 0 Å². The predicted octanol–water partition coefficient (Wildman–Crippen LogP) is 1.82. The number of piperidine rings is 1. The number of nitrogens with one attached hydrogen (secondary N) is 1. The molecule has 21 heavy (non-hydrogen) atoms. The molecule has 6 heteroatoms. The fourth-order valence-corrected chi connectivity index (χ4v) is 2.52. The van der Waals surface area contributed by atoms with Gasteiger partial charge in [0.05, 0.1) is 5.56 Å². The average molecular weight is 280 g/mol. The van der Waals surface area contributed by atoms with Crippen molar-refractivity contribution in [3.05, 3.63) is 42.2 Å². The molecule has 1 aliphatic rings. The van der Waals surface area contributed by atoms with Gasteiger partial charge < -0.3 is 10.2 Å². The first-order valence-corrected chi connectivity index (χ1v) is 7.00. The lowest BCUT2D eigenvalue weighted by Gasteiger charge is -2.33. The third-order valence-electron chi connectivity index (χ3n) is 3.55. The Hall–Kier alpha value is -2.68. The summed E-state index contributed by atoms with van der Waals surface area (Å²) in [5.41, 5.74) is 0.574. The zero-order chi connectivity index (χ0) is 14.5. The van der Waals surface area contributed by atoms with E-state index in [9.17, 15) is 0 Å². The van der Waals surface area contributed by atoms with Crippen molar-refractivity contribution in [2.75, 3.05) is 23.3 Å². The van der Waals surface area contributed by atoms with Crippen LogP contribution >= 0.6 is 0 Å². The standard InChI is InChI=1S/C15H16N6/c16-9-12-5-6-14(17-10-12)19-13-3-2-8-21(11-13)15-4-1-7-18-20-15/h1,4-7,10,13H,2-3,8,11H2,(H,17,19). The number of nitrogens with zero attached hydrogens (tertiary/aromatic N) is 5. The van der Waals surface area contributed by atoms with Crippen LogP contribution in [-0.4, -0.2) is 34.3 Å². The van der Waals surface area contributed by atoms with Gasteiger partial charge >= 0.3 is 0 Å². The fraction of sp³-hybridized carbons (Fsp3) is 0.333. The van der Waals surface area contributed by atoms with Gasteiger partial charge in [-0.25, -0.2) is 4.98 Å². The Balaban J connectivity index is 1.64.